The Morgan fingerprint density at radius 1 is 1.18 bits per heavy atom. The average molecular weight is 469 g/mol. The molecule has 1 aromatic heterocycles. The third-order valence-corrected chi connectivity index (χ3v) is 7.38. The van der Waals surface area contributed by atoms with E-state index in [1.807, 2.05) is 19.9 Å². The lowest BCUT2D eigenvalue weighted by molar-refractivity contribution is -0.156. The number of aromatic hydroxyl groups is 1. The number of hydrogen-bond acceptors (Lipinski definition) is 7. The molecule has 1 N–H and O–H groups in total. The van der Waals surface area contributed by atoms with E-state index in [1.165, 1.54) is 6.92 Å². The van der Waals surface area contributed by atoms with Crippen LogP contribution in [0.3, 0.4) is 0 Å². The summed E-state index contributed by atoms with van der Waals surface area (Å²) >= 11 is 0. The van der Waals surface area contributed by atoms with Crippen molar-refractivity contribution >= 4 is 22.7 Å². The van der Waals surface area contributed by atoms with E-state index in [-0.39, 0.29) is 40.7 Å². The lowest BCUT2D eigenvalue weighted by atomic mass is 9.76. The zero-order valence-electron chi connectivity index (χ0n) is 20.5. The van der Waals surface area contributed by atoms with Gasteiger partial charge in [-0.15, -0.1) is 0 Å². The van der Waals surface area contributed by atoms with Gasteiger partial charge in [-0.3, -0.25) is 9.59 Å². The van der Waals surface area contributed by atoms with Gasteiger partial charge in [0.25, 0.3) is 0 Å². The molecule has 1 aromatic carbocycles. The Morgan fingerprint density at radius 3 is 2.53 bits per heavy atom. The van der Waals surface area contributed by atoms with Crippen molar-refractivity contribution in [1.82, 2.24) is 0 Å². The highest BCUT2D eigenvalue weighted by atomic mass is 16.6. The highest BCUT2D eigenvalue weighted by Crippen LogP contribution is 2.54. The third-order valence-electron chi connectivity index (χ3n) is 7.38. The molecule has 0 saturated heterocycles. The Kier molecular flexibility index (Phi) is 6.32. The first-order valence-electron chi connectivity index (χ1n) is 11.9. The summed E-state index contributed by atoms with van der Waals surface area (Å²) in [5.74, 6) is -1.17. The van der Waals surface area contributed by atoms with E-state index in [0.29, 0.717) is 11.0 Å². The molecular weight excluding hydrogens is 436 g/mol. The number of fused-ring (bicyclic) bond motifs is 2. The van der Waals surface area contributed by atoms with Crippen LogP contribution in [0, 0.1) is 30.6 Å². The Balaban J connectivity index is 1.87. The highest BCUT2D eigenvalue weighted by Gasteiger charge is 2.49. The quantitative estimate of drug-likeness (QED) is 0.488. The van der Waals surface area contributed by atoms with Gasteiger partial charge in [0.1, 0.15) is 23.0 Å². The van der Waals surface area contributed by atoms with Gasteiger partial charge < -0.3 is 19.0 Å². The topological polar surface area (TPSA) is 103 Å². The van der Waals surface area contributed by atoms with Crippen LogP contribution in [0.25, 0.3) is 11.0 Å². The van der Waals surface area contributed by atoms with E-state index in [0.717, 1.165) is 24.0 Å². The number of rotatable bonds is 5. The van der Waals surface area contributed by atoms with Gasteiger partial charge in [-0.1, -0.05) is 32.9 Å². The molecule has 0 bridgehead atoms. The van der Waals surface area contributed by atoms with Gasteiger partial charge in [0, 0.05) is 12.8 Å². The summed E-state index contributed by atoms with van der Waals surface area (Å²) in [6.07, 6.45) is -0.102. The predicted molar refractivity (Wildman–Crippen MR) is 126 cm³/mol. The summed E-state index contributed by atoms with van der Waals surface area (Å²) in [7, 11) is 0. The third kappa shape index (κ3) is 3.91. The van der Waals surface area contributed by atoms with Crippen LogP contribution in [0.4, 0.5) is 0 Å². The first kappa shape index (κ1) is 24.0. The first-order chi connectivity index (χ1) is 16.0. The predicted octanol–water partition coefficient (Wildman–Crippen LogP) is 4.97. The molecule has 34 heavy (non-hydrogen) atoms. The SMILES string of the molecule is CC(=O)O[C@@H](C(=O)C1=C(C)[C@H]2CC[C@H](C)[C@H]2[C@H](c2c(O)c3c(C)cccc3oc2=O)O1)C(C)C. The van der Waals surface area contributed by atoms with Gasteiger partial charge in [0.05, 0.1) is 5.39 Å². The minimum absolute atomic E-state index is 0.00390. The van der Waals surface area contributed by atoms with Crippen molar-refractivity contribution in [2.24, 2.45) is 23.7 Å². The second kappa shape index (κ2) is 8.93. The second-order valence-electron chi connectivity index (χ2n) is 10.0. The molecule has 2 aliphatic rings. The van der Waals surface area contributed by atoms with E-state index < -0.39 is 29.6 Å². The van der Waals surface area contributed by atoms with E-state index >= 15 is 0 Å². The zero-order valence-corrected chi connectivity index (χ0v) is 20.5. The minimum atomic E-state index is -0.998. The van der Waals surface area contributed by atoms with Crippen LogP contribution in [-0.2, 0) is 19.1 Å². The number of Topliss-reactive ketones (excluding diaryl/α,β-unsaturated/α-hetero) is 1. The molecule has 1 saturated carbocycles. The molecular formula is C27H32O7. The fourth-order valence-electron chi connectivity index (χ4n) is 5.68. The van der Waals surface area contributed by atoms with E-state index in [4.69, 9.17) is 13.9 Å². The van der Waals surface area contributed by atoms with Gasteiger partial charge in [-0.2, -0.15) is 0 Å². The average Bonchev–Trinajstić information content (AvgIpc) is 3.14. The normalized spacial score (nSPS) is 25.3. The molecule has 0 unspecified atom stereocenters. The molecule has 182 valence electrons. The minimum Gasteiger partial charge on any atom is -0.506 e. The number of ether oxygens (including phenoxy) is 2. The van der Waals surface area contributed by atoms with Crippen LogP contribution in [-0.4, -0.2) is 23.0 Å². The number of aryl methyl sites for hydroxylation is 1. The Bertz CT molecular complexity index is 1240. The lowest BCUT2D eigenvalue weighted by Gasteiger charge is -2.39. The summed E-state index contributed by atoms with van der Waals surface area (Å²) in [6.45, 7) is 10.7. The van der Waals surface area contributed by atoms with Crippen LogP contribution in [0.1, 0.15) is 64.7 Å². The number of hydrogen-bond donors (Lipinski definition) is 1. The molecule has 7 heteroatoms. The van der Waals surface area contributed by atoms with Crippen LogP contribution in [0.2, 0.25) is 0 Å². The van der Waals surface area contributed by atoms with Crippen molar-refractivity contribution in [1.29, 1.82) is 0 Å². The van der Waals surface area contributed by atoms with Crippen LogP contribution >= 0.6 is 0 Å². The fourth-order valence-corrected chi connectivity index (χ4v) is 5.68. The molecule has 2 heterocycles. The molecule has 1 aliphatic carbocycles. The van der Waals surface area contributed by atoms with Gasteiger partial charge in [0.15, 0.2) is 11.9 Å². The summed E-state index contributed by atoms with van der Waals surface area (Å²) in [6, 6.07) is 5.23. The Labute approximate surface area is 198 Å². The number of allylic oxidation sites excluding steroid dienone is 1. The van der Waals surface area contributed by atoms with Gasteiger partial charge in [0.2, 0.25) is 5.78 Å². The molecule has 1 aliphatic heterocycles. The maximum absolute atomic E-state index is 13.5. The summed E-state index contributed by atoms with van der Waals surface area (Å²) in [5.41, 5.74) is 1.23. The smallest absolute Gasteiger partial charge is 0.347 e. The number of esters is 1. The second-order valence-corrected chi connectivity index (χ2v) is 10.0. The standard InChI is InChI=1S/C27H32O7/c1-12(2)24(32-16(6)28)23(30)25-15(5)17-11-10-14(4)19(17)26(34-25)21-22(29)20-13(3)8-7-9-18(20)33-27(21)31/h7-9,12,14,17,19,24,26,29H,10-11H2,1-6H3/t14-,17+,19+,24+,26+/m0/s1. The van der Waals surface area contributed by atoms with E-state index in [9.17, 15) is 19.5 Å². The Morgan fingerprint density at radius 2 is 1.88 bits per heavy atom. The highest BCUT2D eigenvalue weighted by molar-refractivity contribution is 5.99. The van der Waals surface area contributed by atoms with Crippen molar-refractivity contribution in [3.8, 4) is 5.75 Å². The summed E-state index contributed by atoms with van der Waals surface area (Å²) in [5, 5.41) is 11.7. The molecule has 7 nitrogen and oxygen atoms in total. The van der Waals surface area contributed by atoms with Gasteiger partial charge >= 0.3 is 11.6 Å². The molecule has 4 rings (SSSR count). The van der Waals surface area contributed by atoms with Crippen LogP contribution in [0.5, 0.6) is 5.75 Å². The van der Waals surface area contributed by atoms with E-state index in [1.54, 1.807) is 26.0 Å². The molecule has 0 amide bonds. The summed E-state index contributed by atoms with van der Waals surface area (Å²) < 4.78 is 17.2. The molecule has 1 fully saturated rings. The van der Waals surface area contributed by atoms with Crippen molar-refractivity contribution in [2.45, 2.75) is 66.6 Å². The monoisotopic (exact) mass is 468 g/mol. The molecule has 2 aromatic rings. The van der Waals surface area contributed by atoms with Crippen LogP contribution in [0.15, 0.2) is 38.7 Å². The number of carbonyl (C=O) groups is 2. The van der Waals surface area contributed by atoms with Gasteiger partial charge in [-0.05, 0) is 61.6 Å². The van der Waals surface area contributed by atoms with Crippen molar-refractivity contribution < 1.29 is 28.6 Å². The van der Waals surface area contributed by atoms with Gasteiger partial charge in [-0.25, -0.2) is 4.79 Å². The van der Waals surface area contributed by atoms with Crippen molar-refractivity contribution in [3.63, 3.8) is 0 Å². The van der Waals surface area contributed by atoms with Crippen LogP contribution < -0.4 is 5.63 Å². The zero-order chi connectivity index (χ0) is 24.9. The fraction of sp³-hybridized carbons (Fsp3) is 0.519. The summed E-state index contributed by atoms with van der Waals surface area (Å²) in [4.78, 5) is 38.3. The molecule has 0 radical (unpaired) electrons. The first-order valence-corrected chi connectivity index (χ1v) is 11.9. The van der Waals surface area contributed by atoms with Crippen molar-refractivity contribution in [2.75, 3.05) is 0 Å². The molecule has 0 spiro atoms. The largest absolute Gasteiger partial charge is 0.506 e. The lowest BCUT2D eigenvalue weighted by Crippen LogP contribution is -2.39. The number of ketones is 1. The molecule has 5 atom stereocenters. The number of benzene rings is 1. The maximum Gasteiger partial charge on any atom is 0.347 e. The van der Waals surface area contributed by atoms with Crippen molar-refractivity contribution in [3.05, 3.63) is 51.1 Å². The maximum atomic E-state index is 13.5. The Hall–Kier alpha value is -3.09. The number of carbonyl (C=O) groups excluding carboxylic acids is 2. The van der Waals surface area contributed by atoms with E-state index in [2.05, 4.69) is 6.92 Å².